The van der Waals surface area contributed by atoms with E-state index < -0.39 is 0 Å². The number of carbonyl (C=O) groups is 1. The number of benzene rings is 2. The van der Waals surface area contributed by atoms with E-state index in [1.54, 1.807) is 13.2 Å². The number of carbonyl (C=O) groups excluding carboxylic acids is 1. The van der Waals surface area contributed by atoms with E-state index in [1.807, 2.05) is 74.5 Å². The number of amides is 1. The van der Waals surface area contributed by atoms with Gasteiger partial charge in [0.1, 0.15) is 28.9 Å². The van der Waals surface area contributed by atoms with Gasteiger partial charge in [-0.1, -0.05) is 0 Å². The second-order valence-corrected chi connectivity index (χ2v) is 8.45. The number of rotatable bonds is 8. The van der Waals surface area contributed by atoms with Crippen molar-refractivity contribution in [3.63, 3.8) is 0 Å². The Morgan fingerprint density at radius 3 is 2.40 bits per heavy atom. The SMILES string of the molecule is COc1ccc(Oc2ccc(-n3c(C)cc(/C=C(\C#N)C(=O)NC[C@H]4CCCO4)c3C)cc2)cc1. The molecule has 7 nitrogen and oxygen atoms in total. The third kappa shape index (κ3) is 5.73. The van der Waals surface area contributed by atoms with Crippen molar-refractivity contribution in [2.24, 2.45) is 0 Å². The van der Waals surface area contributed by atoms with E-state index in [0.717, 1.165) is 59.3 Å². The maximum absolute atomic E-state index is 12.5. The summed E-state index contributed by atoms with van der Waals surface area (Å²) in [5, 5.41) is 12.4. The Balaban J connectivity index is 1.49. The van der Waals surface area contributed by atoms with Crippen molar-refractivity contribution in [2.75, 3.05) is 20.3 Å². The number of hydrogen-bond donors (Lipinski definition) is 1. The summed E-state index contributed by atoms with van der Waals surface area (Å²) in [6, 6.07) is 19.2. The third-order valence-corrected chi connectivity index (χ3v) is 6.04. The largest absolute Gasteiger partial charge is 0.497 e. The Hall–Kier alpha value is -4.02. The zero-order chi connectivity index (χ0) is 24.8. The highest BCUT2D eigenvalue weighted by molar-refractivity contribution is 6.01. The molecule has 2 heterocycles. The number of aromatic nitrogens is 1. The fraction of sp³-hybridized carbons (Fsp3) is 0.286. The van der Waals surface area contributed by atoms with E-state index in [2.05, 4.69) is 9.88 Å². The average Bonchev–Trinajstić information content (AvgIpc) is 3.49. The number of methoxy groups -OCH3 is 1. The van der Waals surface area contributed by atoms with Gasteiger partial charge in [-0.3, -0.25) is 4.79 Å². The zero-order valence-electron chi connectivity index (χ0n) is 20.2. The van der Waals surface area contributed by atoms with E-state index in [4.69, 9.17) is 14.2 Å². The first kappa shape index (κ1) is 24.1. The van der Waals surface area contributed by atoms with Gasteiger partial charge in [-0.25, -0.2) is 0 Å². The van der Waals surface area contributed by atoms with E-state index in [-0.39, 0.29) is 17.6 Å². The molecule has 1 amide bonds. The number of nitriles is 1. The van der Waals surface area contributed by atoms with Gasteiger partial charge in [0.15, 0.2) is 0 Å². The molecular weight excluding hydrogens is 442 g/mol. The van der Waals surface area contributed by atoms with Gasteiger partial charge in [0.25, 0.3) is 5.91 Å². The molecule has 35 heavy (non-hydrogen) atoms. The van der Waals surface area contributed by atoms with E-state index in [1.165, 1.54) is 0 Å². The summed E-state index contributed by atoms with van der Waals surface area (Å²) in [7, 11) is 1.63. The smallest absolute Gasteiger partial charge is 0.262 e. The molecule has 0 unspecified atom stereocenters. The summed E-state index contributed by atoms with van der Waals surface area (Å²) in [6.07, 6.45) is 3.60. The molecule has 1 saturated heterocycles. The van der Waals surface area contributed by atoms with Gasteiger partial charge in [-0.2, -0.15) is 5.26 Å². The first-order valence-electron chi connectivity index (χ1n) is 11.6. The Labute approximate surface area is 205 Å². The molecule has 1 aromatic heterocycles. The van der Waals surface area contributed by atoms with Gasteiger partial charge in [0.05, 0.1) is 13.2 Å². The van der Waals surface area contributed by atoms with Crippen molar-refractivity contribution >= 4 is 12.0 Å². The molecule has 4 rings (SSSR count). The van der Waals surface area contributed by atoms with Crippen LogP contribution in [0.5, 0.6) is 17.2 Å². The summed E-state index contributed by atoms with van der Waals surface area (Å²) < 4.78 is 18.7. The summed E-state index contributed by atoms with van der Waals surface area (Å²) in [6.45, 7) is 5.11. The fourth-order valence-electron chi connectivity index (χ4n) is 4.19. The van der Waals surface area contributed by atoms with Crippen LogP contribution >= 0.6 is 0 Å². The highest BCUT2D eigenvalue weighted by Crippen LogP contribution is 2.27. The van der Waals surface area contributed by atoms with Crippen LogP contribution in [-0.4, -0.2) is 36.8 Å². The lowest BCUT2D eigenvalue weighted by Crippen LogP contribution is -2.32. The monoisotopic (exact) mass is 471 g/mol. The Morgan fingerprint density at radius 1 is 1.14 bits per heavy atom. The van der Waals surface area contributed by atoms with Crippen LogP contribution in [0.15, 0.2) is 60.2 Å². The van der Waals surface area contributed by atoms with Gasteiger partial charge < -0.3 is 24.1 Å². The van der Waals surface area contributed by atoms with Crippen LogP contribution in [0.3, 0.4) is 0 Å². The predicted molar refractivity (Wildman–Crippen MR) is 134 cm³/mol. The van der Waals surface area contributed by atoms with Gasteiger partial charge in [0.2, 0.25) is 0 Å². The highest BCUT2D eigenvalue weighted by Gasteiger charge is 2.18. The highest BCUT2D eigenvalue weighted by atomic mass is 16.5. The van der Waals surface area contributed by atoms with Crippen molar-refractivity contribution in [3.05, 3.63) is 77.1 Å². The number of hydrogen-bond acceptors (Lipinski definition) is 5. The lowest BCUT2D eigenvalue weighted by Gasteiger charge is -2.12. The molecular formula is C28H29N3O4. The van der Waals surface area contributed by atoms with Crippen molar-refractivity contribution < 1.29 is 19.0 Å². The van der Waals surface area contributed by atoms with Gasteiger partial charge >= 0.3 is 0 Å². The van der Waals surface area contributed by atoms with Crippen molar-refractivity contribution in [1.82, 2.24) is 9.88 Å². The van der Waals surface area contributed by atoms with E-state index in [9.17, 15) is 10.1 Å². The topological polar surface area (TPSA) is 85.5 Å². The molecule has 1 atom stereocenters. The maximum Gasteiger partial charge on any atom is 0.262 e. The molecule has 2 aromatic carbocycles. The molecule has 0 spiro atoms. The Morgan fingerprint density at radius 2 is 1.80 bits per heavy atom. The Kier molecular flexibility index (Phi) is 7.54. The van der Waals surface area contributed by atoms with Crippen molar-refractivity contribution in [3.8, 4) is 29.0 Å². The molecule has 180 valence electrons. The molecule has 0 aliphatic carbocycles. The number of nitrogens with one attached hydrogen (secondary N) is 1. The number of nitrogens with zero attached hydrogens (tertiary/aromatic N) is 2. The van der Waals surface area contributed by atoms with Crippen LogP contribution in [0.1, 0.15) is 29.8 Å². The molecule has 0 saturated carbocycles. The molecule has 3 aromatic rings. The van der Waals surface area contributed by atoms with Gasteiger partial charge in [-0.15, -0.1) is 0 Å². The minimum absolute atomic E-state index is 0.0284. The third-order valence-electron chi connectivity index (χ3n) is 6.04. The van der Waals surface area contributed by atoms with Gasteiger partial charge in [0, 0.05) is 30.2 Å². The first-order valence-corrected chi connectivity index (χ1v) is 11.6. The summed E-state index contributed by atoms with van der Waals surface area (Å²) in [4.78, 5) is 12.5. The molecule has 1 fully saturated rings. The molecule has 1 aliphatic heterocycles. The second kappa shape index (κ2) is 10.9. The predicted octanol–water partition coefficient (Wildman–Crippen LogP) is 5.10. The van der Waals surface area contributed by atoms with Crippen LogP contribution in [0.4, 0.5) is 0 Å². The summed E-state index contributed by atoms with van der Waals surface area (Å²) >= 11 is 0. The van der Waals surface area contributed by atoms with Crippen LogP contribution in [0.2, 0.25) is 0 Å². The van der Waals surface area contributed by atoms with Crippen molar-refractivity contribution in [1.29, 1.82) is 5.26 Å². The number of ether oxygens (including phenoxy) is 3. The first-order chi connectivity index (χ1) is 17.0. The summed E-state index contributed by atoms with van der Waals surface area (Å²) in [5.74, 6) is 1.83. The second-order valence-electron chi connectivity index (χ2n) is 8.45. The van der Waals surface area contributed by atoms with Crippen LogP contribution in [0.25, 0.3) is 11.8 Å². The molecule has 1 aliphatic rings. The maximum atomic E-state index is 12.5. The molecule has 1 N–H and O–H groups in total. The molecule has 0 bridgehead atoms. The van der Waals surface area contributed by atoms with E-state index in [0.29, 0.717) is 6.54 Å². The summed E-state index contributed by atoms with van der Waals surface area (Å²) in [5.41, 5.74) is 3.79. The normalized spacial score (nSPS) is 15.5. The van der Waals surface area contributed by atoms with Crippen molar-refractivity contribution in [2.45, 2.75) is 32.8 Å². The standard InChI is InChI=1S/C28H29N3O4/c1-19-15-21(16-22(17-29)28(32)30-18-27-5-4-14-34-27)20(2)31(19)23-6-8-25(9-7-23)35-26-12-10-24(33-3)11-13-26/h6-13,15-16,27H,4-5,14,18H2,1-3H3,(H,30,32)/b22-16+/t27-/m1/s1. The fourth-order valence-corrected chi connectivity index (χ4v) is 4.19. The minimum atomic E-state index is -0.382. The quantitative estimate of drug-likeness (QED) is 0.365. The average molecular weight is 472 g/mol. The molecule has 7 heteroatoms. The number of aryl methyl sites for hydroxylation is 1. The van der Waals surface area contributed by atoms with E-state index >= 15 is 0 Å². The zero-order valence-corrected chi connectivity index (χ0v) is 20.2. The van der Waals surface area contributed by atoms with Crippen LogP contribution in [-0.2, 0) is 9.53 Å². The Bertz CT molecular complexity index is 1250. The lowest BCUT2D eigenvalue weighted by molar-refractivity contribution is -0.117. The van der Waals surface area contributed by atoms with Crippen LogP contribution < -0.4 is 14.8 Å². The van der Waals surface area contributed by atoms with Gasteiger partial charge in [-0.05, 0) is 92.9 Å². The minimum Gasteiger partial charge on any atom is -0.497 e. The van der Waals surface area contributed by atoms with Crippen LogP contribution in [0, 0.1) is 25.2 Å². The lowest BCUT2D eigenvalue weighted by atomic mass is 10.1. The molecule has 0 radical (unpaired) electrons.